The van der Waals surface area contributed by atoms with Gasteiger partial charge in [0.05, 0.1) is 5.69 Å². The summed E-state index contributed by atoms with van der Waals surface area (Å²) in [7, 11) is 5.57. The highest BCUT2D eigenvalue weighted by Crippen LogP contribution is 2.34. The summed E-state index contributed by atoms with van der Waals surface area (Å²) < 4.78 is 28.1. The predicted octanol–water partition coefficient (Wildman–Crippen LogP) is 5.07. The molecule has 0 amide bonds. The maximum absolute atomic E-state index is 13.5. The normalized spacial score (nSPS) is 17.6. The summed E-state index contributed by atoms with van der Waals surface area (Å²) in [5.41, 5.74) is 3.52. The molecule has 1 aliphatic rings. The summed E-state index contributed by atoms with van der Waals surface area (Å²) in [4.78, 5) is 20.3. The van der Waals surface area contributed by atoms with E-state index in [4.69, 9.17) is 0 Å². The van der Waals surface area contributed by atoms with Gasteiger partial charge in [-0.15, -0.1) is 0 Å². The second-order valence-corrected chi connectivity index (χ2v) is 9.74. The van der Waals surface area contributed by atoms with Gasteiger partial charge in [-0.25, -0.2) is 8.78 Å². The number of hydrogen-bond acceptors (Lipinski definition) is 3. The minimum absolute atomic E-state index is 0.0108. The third kappa shape index (κ3) is 5.14. The van der Waals surface area contributed by atoms with E-state index in [1.165, 1.54) is 12.1 Å². The van der Waals surface area contributed by atoms with Crippen LogP contribution in [0.4, 0.5) is 8.78 Å². The number of aliphatic imine (C=N–C) groups is 1. The first-order valence-corrected chi connectivity index (χ1v) is 11.7. The highest BCUT2D eigenvalue weighted by Gasteiger charge is 2.34. The van der Waals surface area contributed by atoms with Gasteiger partial charge in [-0.05, 0) is 70.1 Å². The largest absolute Gasteiger partial charge is 0.363 e. The van der Waals surface area contributed by atoms with E-state index in [1.807, 2.05) is 26.0 Å². The van der Waals surface area contributed by atoms with Crippen molar-refractivity contribution in [2.45, 2.75) is 51.5 Å². The Labute approximate surface area is 201 Å². The lowest BCUT2D eigenvalue weighted by Crippen LogP contribution is -2.43. The summed E-state index contributed by atoms with van der Waals surface area (Å²) >= 11 is 0. The first-order chi connectivity index (χ1) is 16.0. The van der Waals surface area contributed by atoms with Gasteiger partial charge in [-0.2, -0.15) is 0 Å². The van der Waals surface area contributed by atoms with E-state index in [0.717, 1.165) is 48.2 Å². The zero-order chi connectivity index (χ0) is 25.2. The molecule has 34 heavy (non-hydrogen) atoms. The zero-order valence-electron chi connectivity index (χ0n) is 21.1. The maximum atomic E-state index is 13.5. The molecule has 3 rings (SSSR count). The van der Waals surface area contributed by atoms with Crippen LogP contribution in [0.1, 0.15) is 74.0 Å². The number of nitrogens with one attached hydrogen (secondary N) is 1. The van der Waals surface area contributed by atoms with Gasteiger partial charge in [0, 0.05) is 42.2 Å². The van der Waals surface area contributed by atoms with Crippen LogP contribution in [0.25, 0.3) is 5.57 Å². The standard InChI is InChI=1S/C27H36F2N4O/c1-17(2)23-21(16-22(26(34)33(23)7)27(4)11-13-32(6)14-12-27)25(30-5)31-18(3)19-9-8-10-20(15-19)24(28)29/h8-10,15-16,18,24H,1,11-14H2,2-7H3,(H,30,31). The van der Waals surface area contributed by atoms with Gasteiger partial charge in [-0.1, -0.05) is 31.7 Å². The Morgan fingerprint density at radius 3 is 2.35 bits per heavy atom. The highest BCUT2D eigenvalue weighted by atomic mass is 19.3. The molecule has 184 valence electrons. The van der Waals surface area contributed by atoms with Crippen molar-refractivity contribution in [1.29, 1.82) is 0 Å². The quantitative estimate of drug-likeness (QED) is 0.474. The average molecular weight is 471 g/mol. The molecule has 2 heterocycles. The summed E-state index contributed by atoms with van der Waals surface area (Å²) in [5, 5.41) is 3.40. The second kappa shape index (κ2) is 10.2. The van der Waals surface area contributed by atoms with Crippen molar-refractivity contribution in [2.24, 2.45) is 12.0 Å². The van der Waals surface area contributed by atoms with E-state index < -0.39 is 6.43 Å². The molecule has 0 spiro atoms. The van der Waals surface area contributed by atoms with Crippen LogP contribution < -0.4 is 10.9 Å². The zero-order valence-corrected chi connectivity index (χ0v) is 21.1. The van der Waals surface area contributed by atoms with Crippen LogP contribution in [0.3, 0.4) is 0 Å². The molecular formula is C27H36F2N4O. The number of hydrogen-bond donors (Lipinski definition) is 1. The number of aromatic nitrogens is 1. The Morgan fingerprint density at radius 1 is 1.18 bits per heavy atom. The average Bonchev–Trinajstić information content (AvgIpc) is 2.80. The van der Waals surface area contributed by atoms with Crippen LogP contribution in [0.2, 0.25) is 0 Å². The second-order valence-electron chi connectivity index (χ2n) is 9.74. The topological polar surface area (TPSA) is 49.6 Å². The Balaban J connectivity index is 2.07. The van der Waals surface area contributed by atoms with Crippen molar-refractivity contribution in [1.82, 2.24) is 14.8 Å². The molecule has 1 N–H and O–H groups in total. The summed E-state index contributed by atoms with van der Waals surface area (Å²) in [6.45, 7) is 11.9. The van der Waals surface area contributed by atoms with Gasteiger partial charge in [-0.3, -0.25) is 9.79 Å². The van der Waals surface area contributed by atoms with E-state index in [9.17, 15) is 13.6 Å². The van der Waals surface area contributed by atoms with Crippen molar-refractivity contribution >= 4 is 11.4 Å². The van der Waals surface area contributed by atoms with Crippen molar-refractivity contribution in [3.05, 3.63) is 75.2 Å². The maximum Gasteiger partial charge on any atom is 0.263 e. The molecule has 1 saturated heterocycles. The molecule has 1 aromatic heterocycles. The Bertz CT molecular complexity index is 1140. The minimum Gasteiger partial charge on any atom is -0.363 e. The van der Waals surface area contributed by atoms with Crippen LogP contribution in [0, 0.1) is 0 Å². The van der Waals surface area contributed by atoms with Gasteiger partial charge >= 0.3 is 0 Å². The first kappa shape index (κ1) is 25.8. The Morgan fingerprint density at radius 2 is 1.79 bits per heavy atom. The fourth-order valence-corrected chi connectivity index (χ4v) is 4.76. The van der Waals surface area contributed by atoms with Gasteiger partial charge in [0.25, 0.3) is 12.0 Å². The van der Waals surface area contributed by atoms with Crippen molar-refractivity contribution in [3.63, 3.8) is 0 Å². The number of halogens is 2. The van der Waals surface area contributed by atoms with Gasteiger partial charge in [0.15, 0.2) is 0 Å². The SMILES string of the molecule is C=C(C)c1c(C(=NC)NC(C)c2cccc(C(F)F)c2)cc(C2(C)CCN(C)CC2)c(=O)n1C. The van der Waals surface area contributed by atoms with E-state index >= 15 is 0 Å². The molecule has 0 bridgehead atoms. The van der Waals surface area contributed by atoms with Crippen LogP contribution in [0.5, 0.6) is 0 Å². The van der Waals surface area contributed by atoms with Crippen molar-refractivity contribution < 1.29 is 8.78 Å². The smallest absolute Gasteiger partial charge is 0.263 e. The molecule has 1 aromatic carbocycles. The van der Waals surface area contributed by atoms with Crippen molar-refractivity contribution in [2.75, 3.05) is 27.2 Å². The summed E-state index contributed by atoms with van der Waals surface area (Å²) in [5.74, 6) is 0.598. The molecule has 0 saturated carbocycles. The summed E-state index contributed by atoms with van der Waals surface area (Å²) in [6.07, 6.45) is -0.732. The number of rotatable bonds is 6. The van der Waals surface area contributed by atoms with Gasteiger partial charge < -0.3 is 14.8 Å². The van der Waals surface area contributed by atoms with E-state index in [1.54, 1.807) is 24.7 Å². The molecule has 1 aliphatic heterocycles. The number of nitrogens with zero attached hydrogens (tertiary/aromatic N) is 3. The van der Waals surface area contributed by atoms with Crippen LogP contribution in [-0.2, 0) is 12.5 Å². The van der Waals surface area contributed by atoms with E-state index in [-0.39, 0.29) is 22.6 Å². The predicted molar refractivity (Wildman–Crippen MR) is 136 cm³/mol. The Hall–Kier alpha value is -2.80. The van der Waals surface area contributed by atoms with E-state index in [0.29, 0.717) is 11.5 Å². The third-order valence-electron chi connectivity index (χ3n) is 7.05. The van der Waals surface area contributed by atoms with Crippen LogP contribution in [0.15, 0.2) is 46.7 Å². The van der Waals surface area contributed by atoms with Crippen LogP contribution >= 0.6 is 0 Å². The first-order valence-electron chi connectivity index (χ1n) is 11.7. The number of likely N-dealkylation sites (tertiary alicyclic amines) is 1. The lowest BCUT2D eigenvalue weighted by atomic mass is 9.74. The van der Waals surface area contributed by atoms with Gasteiger partial charge in [0.1, 0.15) is 5.84 Å². The number of piperidine rings is 1. The number of pyridine rings is 1. The molecule has 0 aliphatic carbocycles. The molecule has 1 unspecified atom stereocenters. The van der Waals surface area contributed by atoms with E-state index in [2.05, 4.69) is 35.8 Å². The molecule has 2 aromatic rings. The van der Waals surface area contributed by atoms with Crippen LogP contribution in [-0.4, -0.2) is 42.5 Å². The third-order valence-corrected chi connectivity index (χ3v) is 7.05. The molecule has 1 atom stereocenters. The highest BCUT2D eigenvalue weighted by molar-refractivity contribution is 6.02. The van der Waals surface area contributed by atoms with Crippen molar-refractivity contribution in [3.8, 4) is 0 Å². The minimum atomic E-state index is -2.53. The Kier molecular flexibility index (Phi) is 7.76. The fourth-order valence-electron chi connectivity index (χ4n) is 4.76. The number of alkyl halides is 2. The number of amidine groups is 1. The molecule has 0 radical (unpaired) electrons. The lowest BCUT2D eigenvalue weighted by molar-refractivity contribution is 0.151. The lowest BCUT2D eigenvalue weighted by Gasteiger charge is -2.38. The van der Waals surface area contributed by atoms with Gasteiger partial charge in [0.2, 0.25) is 0 Å². The molecule has 1 fully saturated rings. The molecule has 7 heteroatoms. The molecular weight excluding hydrogens is 434 g/mol. The fraction of sp³-hybridized carbons (Fsp3) is 0.481. The summed E-state index contributed by atoms with van der Waals surface area (Å²) in [6, 6.07) is 8.10. The number of allylic oxidation sites excluding steroid dienone is 1. The number of benzene rings is 1. The monoisotopic (exact) mass is 470 g/mol. The molecule has 5 nitrogen and oxygen atoms in total.